The Kier molecular flexibility index (Phi) is 5.37. The lowest BCUT2D eigenvalue weighted by Crippen LogP contribution is -2.22. The molecule has 1 unspecified atom stereocenters. The van der Waals surface area contributed by atoms with Gasteiger partial charge in [0, 0.05) is 16.5 Å². The molecule has 0 radical (unpaired) electrons. The highest BCUT2D eigenvalue weighted by atomic mass is 35.5. The number of hydrogen-bond donors (Lipinski definition) is 1. The molecule has 154 valence electrons. The summed E-state index contributed by atoms with van der Waals surface area (Å²) in [4.78, 5) is 8.81. The van der Waals surface area contributed by atoms with Gasteiger partial charge in [-0.15, -0.1) is 0 Å². The summed E-state index contributed by atoms with van der Waals surface area (Å²) in [6, 6.07) is 13.3. The van der Waals surface area contributed by atoms with E-state index in [4.69, 9.17) is 36.3 Å². The van der Waals surface area contributed by atoms with Crippen molar-refractivity contribution in [1.82, 2.24) is 4.98 Å². The molecule has 2 heterocycles. The van der Waals surface area contributed by atoms with Gasteiger partial charge in [-0.25, -0.2) is 4.98 Å². The standard InChI is InChI=1S/C22H20ClN3O4/c1-27-18-9-13(10-19(28-2)20(18)29-3)16-11-17(30-22(24)26-16)14-8-12-6-4-5-7-15(12)25-21(14)23/h4-11,17H,1-3H3,(H2,24,26). The van der Waals surface area contributed by atoms with Gasteiger partial charge < -0.3 is 24.7 Å². The Morgan fingerprint density at radius 3 is 2.37 bits per heavy atom. The predicted molar refractivity (Wildman–Crippen MR) is 116 cm³/mol. The van der Waals surface area contributed by atoms with Gasteiger partial charge in [0.05, 0.1) is 32.5 Å². The monoisotopic (exact) mass is 425 g/mol. The molecule has 4 rings (SSSR count). The minimum absolute atomic E-state index is 0.0236. The number of fused-ring (bicyclic) bond motifs is 1. The first-order valence-electron chi connectivity index (χ1n) is 9.12. The minimum atomic E-state index is -0.554. The third-order valence-corrected chi connectivity index (χ3v) is 5.06. The van der Waals surface area contributed by atoms with Gasteiger partial charge in [-0.2, -0.15) is 4.99 Å². The first kappa shape index (κ1) is 19.8. The van der Waals surface area contributed by atoms with Crippen molar-refractivity contribution >= 4 is 34.2 Å². The number of aliphatic imine (C=N–C) groups is 1. The Bertz CT molecular complexity index is 1150. The Labute approximate surface area is 178 Å². The highest BCUT2D eigenvalue weighted by Crippen LogP contribution is 2.41. The third-order valence-electron chi connectivity index (χ3n) is 4.76. The van der Waals surface area contributed by atoms with E-state index < -0.39 is 6.10 Å². The molecule has 7 nitrogen and oxygen atoms in total. The van der Waals surface area contributed by atoms with Gasteiger partial charge in [0.2, 0.25) is 5.75 Å². The number of halogens is 1. The summed E-state index contributed by atoms with van der Waals surface area (Å²) < 4.78 is 22.0. The summed E-state index contributed by atoms with van der Waals surface area (Å²) in [6.07, 6.45) is 1.27. The Morgan fingerprint density at radius 1 is 1.00 bits per heavy atom. The first-order valence-corrected chi connectivity index (χ1v) is 9.50. The molecular weight excluding hydrogens is 406 g/mol. The van der Waals surface area contributed by atoms with Crippen LogP contribution in [-0.4, -0.2) is 32.3 Å². The van der Waals surface area contributed by atoms with E-state index >= 15 is 0 Å². The average molecular weight is 426 g/mol. The lowest BCUT2D eigenvalue weighted by molar-refractivity contribution is 0.233. The average Bonchev–Trinajstić information content (AvgIpc) is 2.77. The van der Waals surface area contributed by atoms with Crippen LogP contribution in [0.4, 0.5) is 0 Å². The molecule has 1 atom stereocenters. The topological polar surface area (TPSA) is 88.2 Å². The number of amidine groups is 1. The largest absolute Gasteiger partial charge is 0.493 e. The number of hydrogen-bond acceptors (Lipinski definition) is 7. The summed E-state index contributed by atoms with van der Waals surface area (Å²) >= 11 is 6.46. The van der Waals surface area contributed by atoms with Crippen LogP contribution in [0.5, 0.6) is 17.2 Å². The maximum absolute atomic E-state index is 6.46. The number of nitrogens with two attached hydrogens (primary N) is 1. The smallest absolute Gasteiger partial charge is 0.288 e. The Hall–Kier alpha value is -3.45. The zero-order valence-electron chi connectivity index (χ0n) is 16.7. The molecule has 0 amide bonds. The maximum atomic E-state index is 6.46. The number of aromatic nitrogens is 1. The molecule has 0 saturated heterocycles. The van der Waals surface area contributed by atoms with Crippen LogP contribution >= 0.6 is 11.6 Å². The molecular formula is C22H20ClN3O4. The van der Waals surface area contributed by atoms with E-state index in [1.54, 1.807) is 33.5 Å². The van der Waals surface area contributed by atoms with Crippen LogP contribution in [0.2, 0.25) is 5.15 Å². The van der Waals surface area contributed by atoms with E-state index in [-0.39, 0.29) is 6.02 Å². The van der Waals surface area contributed by atoms with Gasteiger partial charge in [-0.05, 0) is 30.3 Å². The van der Waals surface area contributed by atoms with Crippen LogP contribution in [0.3, 0.4) is 0 Å². The van der Waals surface area contributed by atoms with Crippen molar-refractivity contribution in [3.8, 4) is 17.2 Å². The fraction of sp³-hybridized carbons (Fsp3) is 0.182. The number of ether oxygens (including phenoxy) is 4. The molecule has 2 N–H and O–H groups in total. The fourth-order valence-electron chi connectivity index (χ4n) is 3.34. The second kappa shape index (κ2) is 8.12. The van der Waals surface area contributed by atoms with Crippen molar-refractivity contribution in [2.24, 2.45) is 10.7 Å². The van der Waals surface area contributed by atoms with Crippen molar-refractivity contribution in [3.63, 3.8) is 0 Å². The van der Waals surface area contributed by atoms with Crippen LogP contribution in [0.25, 0.3) is 16.6 Å². The van der Waals surface area contributed by atoms with Crippen LogP contribution in [-0.2, 0) is 4.74 Å². The van der Waals surface area contributed by atoms with Crippen LogP contribution in [0, 0.1) is 0 Å². The zero-order valence-corrected chi connectivity index (χ0v) is 17.4. The molecule has 1 aromatic heterocycles. The summed E-state index contributed by atoms with van der Waals surface area (Å²) in [5, 5.41) is 1.29. The number of methoxy groups -OCH3 is 3. The molecule has 0 aliphatic carbocycles. The Balaban J connectivity index is 1.81. The van der Waals surface area contributed by atoms with Crippen LogP contribution in [0.1, 0.15) is 17.2 Å². The van der Waals surface area contributed by atoms with Crippen molar-refractivity contribution in [2.45, 2.75) is 6.10 Å². The van der Waals surface area contributed by atoms with Gasteiger partial charge in [0.25, 0.3) is 6.02 Å². The van der Waals surface area contributed by atoms with Crippen molar-refractivity contribution < 1.29 is 18.9 Å². The maximum Gasteiger partial charge on any atom is 0.288 e. The number of rotatable bonds is 5. The summed E-state index contributed by atoms with van der Waals surface area (Å²) in [5.41, 5.74) is 8.80. The molecule has 0 fully saturated rings. The molecule has 3 aromatic rings. The lowest BCUT2D eigenvalue weighted by Gasteiger charge is -2.22. The summed E-state index contributed by atoms with van der Waals surface area (Å²) in [5.74, 6) is 1.51. The zero-order chi connectivity index (χ0) is 21.3. The second-order valence-electron chi connectivity index (χ2n) is 6.52. The quantitative estimate of drug-likeness (QED) is 0.612. The highest BCUT2D eigenvalue weighted by Gasteiger charge is 2.24. The van der Waals surface area contributed by atoms with Gasteiger partial charge in [-0.3, -0.25) is 0 Å². The van der Waals surface area contributed by atoms with Gasteiger partial charge >= 0.3 is 0 Å². The second-order valence-corrected chi connectivity index (χ2v) is 6.87. The Morgan fingerprint density at radius 2 is 1.70 bits per heavy atom. The molecule has 2 aromatic carbocycles. The number of para-hydroxylation sites is 1. The van der Waals surface area contributed by atoms with Gasteiger partial charge in [0.1, 0.15) is 5.15 Å². The van der Waals surface area contributed by atoms with E-state index in [1.807, 2.05) is 36.4 Å². The van der Waals surface area contributed by atoms with Crippen LogP contribution in [0.15, 0.2) is 53.5 Å². The summed E-state index contributed by atoms with van der Waals surface area (Å²) in [6.45, 7) is 0. The molecule has 30 heavy (non-hydrogen) atoms. The van der Waals surface area contributed by atoms with Gasteiger partial charge in [0.15, 0.2) is 17.6 Å². The fourth-order valence-corrected chi connectivity index (χ4v) is 3.59. The normalized spacial score (nSPS) is 15.8. The highest BCUT2D eigenvalue weighted by molar-refractivity contribution is 6.30. The predicted octanol–water partition coefficient (Wildman–Crippen LogP) is 4.34. The van der Waals surface area contributed by atoms with E-state index in [0.29, 0.717) is 33.7 Å². The number of pyridine rings is 1. The van der Waals surface area contributed by atoms with E-state index in [0.717, 1.165) is 16.5 Å². The van der Waals surface area contributed by atoms with Gasteiger partial charge in [-0.1, -0.05) is 29.8 Å². The number of benzene rings is 2. The third kappa shape index (κ3) is 3.59. The molecule has 1 aliphatic rings. The molecule has 0 saturated carbocycles. The van der Waals surface area contributed by atoms with E-state index in [1.165, 1.54) is 0 Å². The molecule has 1 aliphatic heterocycles. The SMILES string of the molecule is COc1cc(C2=CC(c3cc4ccccc4nc3Cl)OC(N)=N2)cc(OC)c1OC. The van der Waals surface area contributed by atoms with E-state index in [2.05, 4.69) is 9.98 Å². The number of nitrogens with zero attached hydrogens (tertiary/aromatic N) is 2. The molecule has 8 heteroatoms. The van der Waals surface area contributed by atoms with Crippen molar-refractivity contribution in [3.05, 3.63) is 64.8 Å². The van der Waals surface area contributed by atoms with Crippen molar-refractivity contribution in [2.75, 3.05) is 21.3 Å². The van der Waals surface area contributed by atoms with Crippen molar-refractivity contribution in [1.29, 1.82) is 0 Å². The molecule has 0 spiro atoms. The minimum Gasteiger partial charge on any atom is -0.493 e. The first-order chi connectivity index (χ1) is 14.5. The van der Waals surface area contributed by atoms with Crippen LogP contribution < -0.4 is 19.9 Å². The van der Waals surface area contributed by atoms with E-state index in [9.17, 15) is 0 Å². The molecule has 0 bridgehead atoms. The summed E-state index contributed by atoms with van der Waals surface area (Å²) in [7, 11) is 4.66. The lowest BCUT2D eigenvalue weighted by atomic mass is 10.0.